The van der Waals surface area contributed by atoms with Gasteiger partial charge in [-0.05, 0) is 43.7 Å². The van der Waals surface area contributed by atoms with Crippen LogP contribution in [0.4, 0.5) is 0 Å². The van der Waals surface area contributed by atoms with Crippen LogP contribution in [0.3, 0.4) is 0 Å². The molecule has 28 heavy (non-hydrogen) atoms. The van der Waals surface area contributed by atoms with Crippen molar-refractivity contribution >= 4 is 12.1 Å². The second-order valence-electron chi connectivity index (χ2n) is 6.08. The molecule has 2 aromatic carbocycles. The molecule has 0 fully saturated rings. The summed E-state index contributed by atoms with van der Waals surface area (Å²) >= 11 is 0. The number of hydrogen-bond donors (Lipinski definition) is 2. The molecule has 0 atom stereocenters. The minimum atomic E-state index is -0.375. The fourth-order valence-corrected chi connectivity index (χ4v) is 2.58. The molecule has 0 saturated carbocycles. The second-order valence-corrected chi connectivity index (χ2v) is 6.08. The van der Waals surface area contributed by atoms with E-state index < -0.39 is 0 Å². The Labute approximate surface area is 163 Å². The molecule has 0 aliphatic carbocycles. The maximum absolute atomic E-state index is 12.3. The zero-order chi connectivity index (χ0) is 19.9. The Bertz CT molecular complexity index is 978. The van der Waals surface area contributed by atoms with Crippen molar-refractivity contribution in [1.29, 1.82) is 0 Å². The molecule has 0 aliphatic rings. The third kappa shape index (κ3) is 4.56. The molecule has 0 saturated heterocycles. The molecule has 3 rings (SSSR count). The summed E-state index contributed by atoms with van der Waals surface area (Å²) < 4.78 is 10.8. The van der Waals surface area contributed by atoms with Gasteiger partial charge in [0.1, 0.15) is 5.69 Å². The number of aryl methyl sites for hydroxylation is 1. The zero-order valence-electron chi connectivity index (χ0n) is 16.0. The number of aromatic amines is 1. The smallest absolute Gasteiger partial charge is 0.289 e. The number of rotatable bonds is 7. The SMILES string of the molecule is CCOc1ccc(C=NNC(=O)c2cc(-c3ccc(C)cc3)n[nH]2)cc1OC. The van der Waals surface area contributed by atoms with Crippen molar-refractivity contribution in [2.24, 2.45) is 5.10 Å². The highest BCUT2D eigenvalue weighted by molar-refractivity contribution is 5.94. The van der Waals surface area contributed by atoms with Crippen LogP contribution in [0.15, 0.2) is 53.6 Å². The monoisotopic (exact) mass is 378 g/mol. The Balaban J connectivity index is 1.65. The highest BCUT2D eigenvalue weighted by Crippen LogP contribution is 2.27. The van der Waals surface area contributed by atoms with Gasteiger partial charge in [-0.25, -0.2) is 5.43 Å². The molecule has 1 aromatic heterocycles. The summed E-state index contributed by atoms with van der Waals surface area (Å²) in [5.41, 5.74) is 6.39. The summed E-state index contributed by atoms with van der Waals surface area (Å²) in [6.07, 6.45) is 1.54. The van der Waals surface area contributed by atoms with Crippen LogP contribution in [0.5, 0.6) is 11.5 Å². The number of aromatic nitrogens is 2. The Morgan fingerprint density at radius 2 is 1.96 bits per heavy atom. The fraction of sp³-hybridized carbons (Fsp3) is 0.190. The van der Waals surface area contributed by atoms with E-state index in [1.807, 2.05) is 44.2 Å². The summed E-state index contributed by atoms with van der Waals surface area (Å²) in [6, 6.07) is 15.0. The number of carbonyl (C=O) groups excluding carboxylic acids is 1. The Hall–Kier alpha value is -3.61. The maximum Gasteiger partial charge on any atom is 0.289 e. The van der Waals surface area contributed by atoms with E-state index in [-0.39, 0.29) is 5.91 Å². The van der Waals surface area contributed by atoms with E-state index in [9.17, 15) is 4.79 Å². The van der Waals surface area contributed by atoms with Gasteiger partial charge in [-0.2, -0.15) is 10.2 Å². The van der Waals surface area contributed by atoms with Gasteiger partial charge in [0.15, 0.2) is 11.5 Å². The van der Waals surface area contributed by atoms with Crippen molar-refractivity contribution in [1.82, 2.24) is 15.6 Å². The Morgan fingerprint density at radius 1 is 1.18 bits per heavy atom. The summed E-state index contributed by atoms with van der Waals surface area (Å²) in [6.45, 7) is 4.48. The average Bonchev–Trinajstić information content (AvgIpc) is 3.20. The van der Waals surface area contributed by atoms with Crippen molar-refractivity contribution in [2.45, 2.75) is 13.8 Å². The van der Waals surface area contributed by atoms with Crippen LogP contribution in [-0.2, 0) is 0 Å². The van der Waals surface area contributed by atoms with Crippen LogP contribution >= 0.6 is 0 Å². The molecule has 1 amide bonds. The Morgan fingerprint density at radius 3 is 2.68 bits per heavy atom. The molecular formula is C21H22N4O3. The number of benzene rings is 2. The molecule has 3 aromatic rings. The standard InChI is InChI=1S/C21H22N4O3/c1-4-28-19-10-7-15(11-20(19)27-3)13-22-25-21(26)18-12-17(23-24-18)16-8-5-14(2)6-9-16/h5-13H,4H2,1-3H3,(H,23,24)(H,25,26). The van der Waals surface area contributed by atoms with Crippen LogP contribution in [-0.4, -0.2) is 36.0 Å². The van der Waals surface area contributed by atoms with E-state index in [0.717, 1.165) is 16.7 Å². The quantitative estimate of drug-likeness (QED) is 0.486. The molecule has 1 heterocycles. The third-order valence-electron chi connectivity index (χ3n) is 4.04. The average molecular weight is 378 g/mol. The van der Waals surface area contributed by atoms with Crippen LogP contribution < -0.4 is 14.9 Å². The highest BCUT2D eigenvalue weighted by atomic mass is 16.5. The normalized spacial score (nSPS) is 10.8. The number of H-pyrrole nitrogens is 1. The number of hydrazone groups is 1. The lowest BCUT2D eigenvalue weighted by Crippen LogP contribution is -2.18. The minimum absolute atomic E-state index is 0.331. The van der Waals surface area contributed by atoms with E-state index in [0.29, 0.717) is 29.5 Å². The largest absolute Gasteiger partial charge is 0.493 e. The first-order chi connectivity index (χ1) is 13.6. The third-order valence-corrected chi connectivity index (χ3v) is 4.04. The van der Waals surface area contributed by atoms with Crippen molar-refractivity contribution in [2.75, 3.05) is 13.7 Å². The molecule has 2 N–H and O–H groups in total. The van der Waals surface area contributed by atoms with Crippen LogP contribution in [0.25, 0.3) is 11.3 Å². The molecule has 0 bridgehead atoms. The van der Waals surface area contributed by atoms with Crippen molar-refractivity contribution in [3.05, 3.63) is 65.4 Å². The summed E-state index contributed by atoms with van der Waals surface area (Å²) in [7, 11) is 1.57. The number of ether oxygens (including phenoxy) is 2. The van der Waals surface area contributed by atoms with E-state index in [2.05, 4.69) is 20.7 Å². The molecule has 144 valence electrons. The fourth-order valence-electron chi connectivity index (χ4n) is 2.58. The highest BCUT2D eigenvalue weighted by Gasteiger charge is 2.10. The molecule has 0 radical (unpaired) electrons. The van der Waals surface area contributed by atoms with E-state index in [1.165, 1.54) is 6.21 Å². The van der Waals surface area contributed by atoms with E-state index in [4.69, 9.17) is 9.47 Å². The van der Waals surface area contributed by atoms with Gasteiger partial charge in [-0.1, -0.05) is 29.8 Å². The van der Waals surface area contributed by atoms with Crippen molar-refractivity contribution in [3.8, 4) is 22.8 Å². The topological polar surface area (TPSA) is 88.6 Å². The van der Waals surface area contributed by atoms with Gasteiger partial charge >= 0.3 is 0 Å². The number of hydrogen-bond acceptors (Lipinski definition) is 5. The van der Waals surface area contributed by atoms with Gasteiger partial charge < -0.3 is 9.47 Å². The first-order valence-corrected chi connectivity index (χ1v) is 8.87. The van der Waals surface area contributed by atoms with E-state index in [1.54, 1.807) is 25.3 Å². The number of nitrogens with one attached hydrogen (secondary N) is 2. The molecule has 0 aliphatic heterocycles. The van der Waals surface area contributed by atoms with Gasteiger partial charge in [-0.15, -0.1) is 0 Å². The summed E-state index contributed by atoms with van der Waals surface area (Å²) in [4.78, 5) is 12.3. The molecule has 7 heteroatoms. The lowest BCUT2D eigenvalue weighted by Gasteiger charge is -2.09. The van der Waals surface area contributed by atoms with Gasteiger partial charge in [0.2, 0.25) is 0 Å². The molecule has 7 nitrogen and oxygen atoms in total. The predicted molar refractivity (Wildman–Crippen MR) is 108 cm³/mol. The number of nitrogens with zero attached hydrogens (tertiary/aromatic N) is 2. The zero-order valence-corrected chi connectivity index (χ0v) is 16.0. The number of methoxy groups -OCH3 is 1. The molecule has 0 unspecified atom stereocenters. The van der Waals surface area contributed by atoms with Crippen molar-refractivity contribution < 1.29 is 14.3 Å². The maximum atomic E-state index is 12.3. The molecule has 0 spiro atoms. The summed E-state index contributed by atoms with van der Waals surface area (Å²) in [5.74, 6) is 0.890. The van der Waals surface area contributed by atoms with E-state index >= 15 is 0 Å². The van der Waals surface area contributed by atoms with Gasteiger partial charge in [0.05, 0.1) is 25.6 Å². The van der Waals surface area contributed by atoms with Crippen LogP contribution in [0.1, 0.15) is 28.5 Å². The Kier molecular flexibility index (Phi) is 6.06. The van der Waals surface area contributed by atoms with Crippen molar-refractivity contribution in [3.63, 3.8) is 0 Å². The van der Waals surface area contributed by atoms with Crippen LogP contribution in [0, 0.1) is 6.92 Å². The first kappa shape index (κ1) is 19.2. The minimum Gasteiger partial charge on any atom is -0.493 e. The van der Waals surface area contributed by atoms with Crippen LogP contribution in [0.2, 0.25) is 0 Å². The number of amides is 1. The first-order valence-electron chi connectivity index (χ1n) is 8.87. The second kappa shape index (κ2) is 8.85. The van der Waals surface area contributed by atoms with Gasteiger partial charge in [-0.3, -0.25) is 9.89 Å². The number of carbonyl (C=O) groups is 1. The van der Waals surface area contributed by atoms with Gasteiger partial charge in [0.25, 0.3) is 5.91 Å². The predicted octanol–water partition coefficient (Wildman–Crippen LogP) is 3.56. The lowest BCUT2D eigenvalue weighted by molar-refractivity contribution is 0.0950. The van der Waals surface area contributed by atoms with Gasteiger partial charge in [0, 0.05) is 5.56 Å². The lowest BCUT2D eigenvalue weighted by atomic mass is 10.1. The molecular weight excluding hydrogens is 356 g/mol. The summed E-state index contributed by atoms with van der Waals surface area (Å²) in [5, 5.41) is 10.9.